The van der Waals surface area contributed by atoms with Crippen LogP contribution in [0.15, 0.2) is 51.8 Å². The van der Waals surface area contributed by atoms with Crippen molar-refractivity contribution >= 4 is 6.21 Å². The first-order chi connectivity index (χ1) is 8.90. The Balaban J connectivity index is 4.49. The van der Waals surface area contributed by atoms with Gasteiger partial charge in [0, 0.05) is 12.8 Å². The minimum Gasteiger partial charge on any atom is -0.292 e. The van der Waals surface area contributed by atoms with Crippen LogP contribution in [0.25, 0.3) is 0 Å². The minimum absolute atomic E-state index is 0.139. The molecule has 0 heterocycles. The molecule has 2 heteroatoms. The molecule has 0 aliphatic rings. The van der Waals surface area contributed by atoms with Crippen LogP contribution in [0.4, 0.5) is 4.39 Å². The predicted octanol–water partition coefficient (Wildman–Crippen LogP) is 5.57. The van der Waals surface area contributed by atoms with Crippen LogP contribution in [0.3, 0.4) is 0 Å². The molecule has 0 aliphatic carbocycles. The predicted molar refractivity (Wildman–Crippen MR) is 84.4 cm³/mol. The summed E-state index contributed by atoms with van der Waals surface area (Å²) in [6, 6.07) is 0. The Bertz CT molecular complexity index is 419. The Labute approximate surface area is 117 Å². The molecule has 0 atom stereocenters. The summed E-state index contributed by atoms with van der Waals surface area (Å²) in [6.07, 6.45) is 6.69. The highest BCUT2D eigenvalue weighted by atomic mass is 19.1. The molecule has 19 heavy (non-hydrogen) atoms. The number of aliphatic imine (C=N–C) groups is 1. The third-order valence-electron chi connectivity index (χ3n) is 2.74. The molecule has 0 fully saturated rings. The van der Waals surface area contributed by atoms with Gasteiger partial charge in [0.15, 0.2) is 0 Å². The van der Waals surface area contributed by atoms with E-state index < -0.39 is 0 Å². The summed E-state index contributed by atoms with van der Waals surface area (Å²) in [5.41, 5.74) is 4.03. The van der Waals surface area contributed by atoms with Crippen LogP contribution in [0, 0.1) is 0 Å². The van der Waals surface area contributed by atoms with Gasteiger partial charge in [-0.1, -0.05) is 25.2 Å². The van der Waals surface area contributed by atoms with Crippen molar-refractivity contribution in [3.05, 3.63) is 46.9 Å². The van der Waals surface area contributed by atoms with Gasteiger partial charge in [-0.2, -0.15) is 0 Å². The molecule has 0 aromatic heterocycles. The Morgan fingerprint density at radius 2 is 1.84 bits per heavy atom. The van der Waals surface area contributed by atoms with E-state index in [1.54, 1.807) is 0 Å². The first-order valence-corrected chi connectivity index (χ1v) is 6.75. The van der Waals surface area contributed by atoms with E-state index in [0.29, 0.717) is 13.0 Å². The number of rotatable bonds is 7. The van der Waals surface area contributed by atoms with Crippen LogP contribution in [-0.2, 0) is 0 Å². The molecule has 0 N–H and O–H groups in total. The fourth-order valence-corrected chi connectivity index (χ4v) is 1.54. The van der Waals surface area contributed by atoms with Gasteiger partial charge in [0.2, 0.25) is 0 Å². The average molecular weight is 263 g/mol. The summed E-state index contributed by atoms with van der Waals surface area (Å²) in [6.45, 7) is 14.4. The zero-order valence-corrected chi connectivity index (χ0v) is 12.9. The van der Waals surface area contributed by atoms with Gasteiger partial charge >= 0.3 is 0 Å². The molecule has 0 radical (unpaired) electrons. The highest BCUT2D eigenvalue weighted by Crippen LogP contribution is 2.13. The number of allylic oxidation sites excluding steroid dienone is 6. The highest BCUT2D eigenvalue weighted by molar-refractivity contribution is 5.85. The second-order valence-electron chi connectivity index (χ2n) is 4.92. The fraction of sp³-hybridized carbons (Fsp3) is 0.471. The number of nitrogens with zero attached hydrogens (tertiary/aromatic N) is 1. The molecule has 0 amide bonds. The summed E-state index contributed by atoms with van der Waals surface area (Å²) in [7, 11) is 0. The maximum atomic E-state index is 13.5. The first-order valence-electron chi connectivity index (χ1n) is 6.75. The van der Waals surface area contributed by atoms with Gasteiger partial charge in [-0.25, -0.2) is 4.39 Å². The van der Waals surface area contributed by atoms with Crippen LogP contribution in [0.2, 0.25) is 0 Å². The van der Waals surface area contributed by atoms with Gasteiger partial charge in [0.25, 0.3) is 0 Å². The molecule has 0 saturated carbocycles. The lowest BCUT2D eigenvalue weighted by Crippen LogP contribution is -1.92. The standard InChI is InChI=1S/C17H26FN/c1-7-8-9-17(18)15(6)10-11-19-12-16(13(2)3)14(4)5/h8-9,12H,2,7,10-11H2,1,3-6H3/b9-8-,17-15-,19-12-. The smallest absolute Gasteiger partial charge is 0.121 e. The fourth-order valence-electron chi connectivity index (χ4n) is 1.54. The van der Waals surface area contributed by atoms with Gasteiger partial charge in [-0.3, -0.25) is 4.99 Å². The van der Waals surface area contributed by atoms with E-state index in [1.165, 1.54) is 11.6 Å². The van der Waals surface area contributed by atoms with Crippen molar-refractivity contribution in [2.45, 2.75) is 47.5 Å². The quantitative estimate of drug-likeness (QED) is 0.420. The molecule has 0 aromatic carbocycles. The minimum atomic E-state index is -0.139. The molecular weight excluding hydrogens is 237 g/mol. The Morgan fingerprint density at radius 3 is 2.32 bits per heavy atom. The first kappa shape index (κ1) is 17.6. The Hall–Kier alpha value is -1.44. The van der Waals surface area contributed by atoms with Crippen molar-refractivity contribution in [2.75, 3.05) is 6.54 Å². The van der Waals surface area contributed by atoms with E-state index >= 15 is 0 Å². The summed E-state index contributed by atoms with van der Waals surface area (Å²) in [4.78, 5) is 4.35. The molecule has 0 aliphatic heterocycles. The van der Waals surface area contributed by atoms with Gasteiger partial charge < -0.3 is 0 Å². The number of halogens is 1. The number of hydrogen-bond donors (Lipinski definition) is 0. The maximum absolute atomic E-state index is 13.5. The summed E-state index contributed by atoms with van der Waals surface area (Å²) < 4.78 is 13.5. The third kappa shape index (κ3) is 7.55. The summed E-state index contributed by atoms with van der Waals surface area (Å²) in [5, 5.41) is 0. The Kier molecular flexibility index (Phi) is 8.77. The van der Waals surface area contributed by atoms with Gasteiger partial charge in [-0.05, 0) is 63.3 Å². The normalized spacial score (nSPS) is 12.9. The van der Waals surface area contributed by atoms with Crippen LogP contribution >= 0.6 is 0 Å². The van der Waals surface area contributed by atoms with E-state index in [0.717, 1.165) is 23.1 Å². The zero-order valence-electron chi connectivity index (χ0n) is 12.9. The average Bonchev–Trinajstić information content (AvgIpc) is 2.34. The molecule has 0 rings (SSSR count). The van der Waals surface area contributed by atoms with Crippen LogP contribution in [0.1, 0.15) is 47.5 Å². The second-order valence-corrected chi connectivity index (χ2v) is 4.92. The van der Waals surface area contributed by atoms with Crippen molar-refractivity contribution in [3.8, 4) is 0 Å². The Morgan fingerprint density at radius 1 is 1.21 bits per heavy atom. The number of hydrogen-bond acceptors (Lipinski definition) is 1. The van der Waals surface area contributed by atoms with Crippen LogP contribution in [-0.4, -0.2) is 12.8 Å². The van der Waals surface area contributed by atoms with Crippen LogP contribution in [0.5, 0.6) is 0 Å². The molecule has 0 bridgehead atoms. The van der Waals surface area contributed by atoms with Crippen molar-refractivity contribution in [1.82, 2.24) is 0 Å². The van der Waals surface area contributed by atoms with Crippen molar-refractivity contribution in [1.29, 1.82) is 0 Å². The van der Waals surface area contributed by atoms with Gasteiger partial charge in [-0.15, -0.1) is 0 Å². The molecular formula is C17H26FN. The molecule has 0 unspecified atom stereocenters. The van der Waals surface area contributed by atoms with E-state index in [4.69, 9.17) is 0 Å². The SMILES string of the molecule is C=C(C)C(/C=N\CC/C(C)=C(F)/C=C\CC)=C(C)C. The van der Waals surface area contributed by atoms with Crippen molar-refractivity contribution in [3.63, 3.8) is 0 Å². The summed E-state index contributed by atoms with van der Waals surface area (Å²) >= 11 is 0. The lowest BCUT2D eigenvalue weighted by molar-refractivity contribution is 0.644. The second kappa shape index (κ2) is 9.48. The largest absolute Gasteiger partial charge is 0.292 e. The lowest BCUT2D eigenvalue weighted by Gasteiger charge is -2.03. The van der Waals surface area contributed by atoms with E-state index in [9.17, 15) is 4.39 Å². The lowest BCUT2D eigenvalue weighted by atomic mass is 10.1. The van der Waals surface area contributed by atoms with Crippen molar-refractivity contribution in [2.24, 2.45) is 4.99 Å². The highest BCUT2D eigenvalue weighted by Gasteiger charge is 1.98. The maximum Gasteiger partial charge on any atom is 0.121 e. The molecule has 0 saturated heterocycles. The van der Waals surface area contributed by atoms with Gasteiger partial charge in [0.05, 0.1) is 0 Å². The molecule has 0 spiro atoms. The van der Waals surface area contributed by atoms with E-state index in [2.05, 4.69) is 11.6 Å². The topological polar surface area (TPSA) is 12.4 Å². The van der Waals surface area contributed by atoms with Crippen molar-refractivity contribution < 1.29 is 4.39 Å². The molecule has 106 valence electrons. The molecule has 1 nitrogen and oxygen atoms in total. The van der Waals surface area contributed by atoms with Crippen LogP contribution < -0.4 is 0 Å². The van der Waals surface area contributed by atoms with Gasteiger partial charge in [0.1, 0.15) is 5.83 Å². The summed E-state index contributed by atoms with van der Waals surface area (Å²) in [5.74, 6) is -0.139. The monoisotopic (exact) mass is 263 g/mol. The molecule has 0 aromatic rings. The van der Waals surface area contributed by atoms with E-state index in [1.807, 2.05) is 46.9 Å². The third-order valence-corrected chi connectivity index (χ3v) is 2.74. The van der Waals surface area contributed by atoms with E-state index in [-0.39, 0.29) is 5.83 Å². The zero-order chi connectivity index (χ0) is 14.8.